The minimum atomic E-state index is -4.05. The van der Waals surface area contributed by atoms with Crippen LogP contribution in [-0.2, 0) is 0 Å². The Balaban J connectivity index is 2.47. The lowest BCUT2D eigenvalue weighted by molar-refractivity contribution is -0.136. The van der Waals surface area contributed by atoms with Crippen LogP contribution >= 0.6 is 0 Å². The van der Waals surface area contributed by atoms with Crippen molar-refractivity contribution < 1.29 is 13.2 Å². The molecule has 1 aliphatic rings. The Kier molecular flexibility index (Phi) is 5.46. The first-order valence-electron chi connectivity index (χ1n) is 6.82. The van der Waals surface area contributed by atoms with Crippen LogP contribution in [0.5, 0.6) is 0 Å². The molecule has 0 bridgehead atoms. The molecule has 1 saturated heterocycles. The summed E-state index contributed by atoms with van der Waals surface area (Å²) < 4.78 is 36.6. The fourth-order valence-electron chi connectivity index (χ4n) is 2.72. The molecule has 0 aliphatic carbocycles. The fraction of sp³-hybridized carbons (Fsp3) is 1.00. The molecule has 0 aromatic heterocycles. The molecular weight excluding hydrogens is 241 g/mol. The zero-order valence-electron chi connectivity index (χ0n) is 11.4. The van der Waals surface area contributed by atoms with Gasteiger partial charge in [0.15, 0.2) is 0 Å². The van der Waals surface area contributed by atoms with Crippen LogP contribution in [0.15, 0.2) is 0 Å². The third kappa shape index (κ3) is 4.43. The van der Waals surface area contributed by atoms with Gasteiger partial charge in [0, 0.05) is 25.0 Å². The minimum Gasteiger partial charge on any atom is -0.329 e. The van der Waals surface area contributed by atoms with Crippen molar-refractivity contribution in [3.05, 3.63) is 0 Å². The van der Waals surface area contributed by atoms with Gasteiger partial charge in [-0.15, -0.1) is 0 Å². The van der Waals surface area contributed by atoms with E-state index in [2.05, 4.69) is 11.8 Å². The molecular formula is C13H25F3N2. The molecule has 2 N–H and O–H groups in total. The number of nitrogens with zero attached hydrogens (tertiary/aromatic N) is 1. The number of hydrogen-bond acceptors (Lipinski definition) is 2. The first kappa shape index (κ1) is 15.8. The number of nitrogens with two attached hydrogens (primary N) is 1. The van der Waals surface area contributed by atoms with E-state index >= 15 is 0 Å². The van der Waals surface area contributed by atoms with Gasteiger partial charge in [-0.25, -0.2) is 0 Å². The quantitative estimate of drug-likeness (QED) is 0.800. The van der Waals surface area contributed by atoms with Crippen LogP contribution in [0.2, 0.25) is 0 Å². The molecule has 0 aromatic rings. The van der Waals surface area contributed by atoms with Gasteiger partial charge in [0.1, 0.15) is 0 Å². The second-order valence-electron chi connectivity index (χ2n) is 5.68. The van der Waals surface area contributed by atoms with Gasteiger partial charge in [-0.3, -0.25) is 4.90 Å². The highest BCUT2D eigenvalue weighted by molar-refractivity contribution is 4.91. The third-order valence-electron chi connectivity index (χ3n) is 4.24. The third-order valence-corrected chi connectivity index (χ3v) is 4.24. The molecule has 18 heavy (non-hydrogen) atoms. The van der Waals surface area contributed by atoms with Crippen LogP contribution in [0.25, 0.3) is 0 Å². The maximum absolute atomic E-state index is 12.2. The Morgan fingerprint density at radius 2 is 1.94 bits per heavy atom. The van der Waals surface area contributed by atoms with E-state index < -0.39 is 12.6 Å². The molecule has 0 aromatic carbocycles. The topological polar surface area (TPSA) is 29.3 Å². The van der Waals surface area contributed by atoms with Gasteiger partial charge >= 0.3 is 6.18 Å². The lowest BCUT2D eigenvalue weighted by atomic mass is 9.92. The number of halogens is 3. The molecule has 0 spiro atoms. The van der Waals surface area contributed by atoms with E-state index in [1.165, 1.54) is 0 Å². The summed E-state index contributed by atoms with van der Waals surface area (Å²) in [5.74, 6) is 0.679. The first-order valence-corrected chi connectivity index (χ1v) is 6.82. The highest BCUT2D eigenvalue weighted by atomic mass is 19.4. The molecule has 108 valence electrons. The number of hydrogen-bond donors (Lipinski definition) is 1. The second-order valence-corrected chi connectivity index (χ2v) is 5.68. The Morgan fingerprint density at radius 1 is 1.28 bits per heavy atom. The van der Waals surface area contributed by atoms with Crippen molar-refractivity contribution in [2.75, 3.05) is 19.6 Å². The summed E-state index contributed by atoms with van der Waals surface area (Å²) in [4.78, 5) is 2.29. The van der Waals surface area contributed by atoms with Crippen LogP contribution in [0, 0.1) is 5.92 Å². The number of likely N-dealkylation sites (tertiary alicyclic amines) is 1. The smallest absolute Gasteiger partial charge is 0.329 e. The van der Waals surface area contributed by atoms with Crippen molar-refractivity contribution in [3.63, 3.8) is 0 Å². The molecule has 2 nitrogen and oxygen atoms in total. The maximum atomic E-state index is 12.2. The van der Waals surface area contributed by atoms with Gasteiger partial charge < -0.3 is 5.73 Å². The fourth-order valence-corrected chi connectivity index (χ4v) is 2.72. The molecule has 1 heterocycles. The molecule has 0 radical (unpaired) electrons. The van der Waals surface area contributed by atoms with Crippen molar-refractivity contribution in [2.45, 2.75) is 57.7 Å². The molecule has 0 saturated carbocycles. The summed E-state index contributed by atoms with van der Waals surface area (Å²) in [6.07, 6.45) is -1.77. The van der Waals surface area contributed by atoms with Gasteiger partial charge in [-0.1, -0.05) is 13.3 Å². The van der Waals surface area contributed by atoms with Crippen LogP contribution < -0.4 is 5.73 Å². The molecule has 1 rings (SSSR count). The van der Waals surface area contributed by atoms with Crippen LogP contribution in [0.4, 0.5) is 13.2 Å². The summed E-state index contributed by atoms with van der Waals surface area (Å²) in [6.45, 7) is 6.55. The van der Waals surface area contributed by atoms with E-state index in [9.17, 15) is 13.2 Å². The van der Waals surface area contributed by atoms with Crippen molar-refractivity contribution in [1.29, 1.82) is 0 Å². The zero-order valence-corrected chi connectivity index (χ0v) is 11.4. The maximum Gasteiger partial charge on any atom is 0.389 e. The molecule has 1 aliphatic heterocycles. The summed E-state index contributed by atoms with van der Waals surface area (Å²) in [5, 5.41) is 0. The number of alkyl halides is 3. The lowest BCUT2D eigenvalue weighted by Crippen LogP contribution is -2.50. The summed E-state index contributed by atoms with van der Waals surface area (Å²) in [6, 6.07) is 0. The van der Waals surface area contributed by atoms with E-state index in [4.69, 9.17) is 5.73 Å². The second kappa shape index (κ2) is 6.24. The van der Waals surface area contributed by atoms with E-state index in [0.29, 0.717) is 18.9 Å². The van der Waals surface area contributed by atoms with E-state index in [0.717, 1.165) is 25.9 Å². The Morgan fingerprint density at radius 3 is 2.39 bits per heavy atom. The van der Waals surface area contributed by atoms with Crippen molar-refractivity contribution in [2.24, 2.45) is 11.7 Å². The average molecular weight is 266 g/mol. The summed E-state index contributed by atoms with van der Waals surface area (Å²) in [7, 11) is 0. The van der Waals surface area contributed by atoms with Gasteiger partial charge in [0.05, 0.1) is 0 Å². The van der Waals surface area contributed by atoms with Gasteiger partial charge in [-0.05, 0) is 38.6 Å². The van der Waals surface area contributed by atoms with Crippen LogP contribution in [0.1, 0.15) is 46.0 Å². The predicted molar refractivity (Wildman–Crippen MR) is 67.3 cm³/mol. The van der Waals surface area contributed by atoms with Crippen molar-refractivity contribution >= 4 is 0 Å². The Labute approximate surface area is 108 Å². The normalized spacial score (nSPS) is 25.3. The van der Waals surface area contributed by atoms with Crippen LogP contribution in [-0.4, -0.2) is 36.2 Å². The van der Waals surface area contributed by atoms with Crippen LogP contribution in [0.3, 0.4) is 0 Å². The minimum absolute atomic E-state index is 0.171. The average Bonchev–Trinajstić information content (AvgIpc) is 2.76. The summed E-state index contributed by atoms with van der Waals surface area (Å²) in [5.41, 5.74) is 5.53. The van der Waals surface area contributed by atoms with Gasteiger partial charge in [-0.2, -0.15) is 13.2 Å². The standard InChI is InChI=1S/C13H25F3N2/c1-3-11-5-8-18(9-11)12(2,10-17)6-4-7-13(14,15)16/h11H,3-10,17H2,1-2H3. The highest BCUT2D eigenvalue weighted by Crippen LogP contribution is 2.31. The lowest BCUT2D eigenvalue weighted by Gasteiger charge is -2.38. The molecule has 1 fully saturated rings. The molecule has 2 atom stereocenters. The van der Waals surface area contributed by atoms with E-state index in [1.807, 2.05) is 6.92 Å². The molecule has 2 unspecified atom stereocenters. The van der Waals surface area contributed by atoms with E-state index in [-0.39, 0.29) is 12.0 Å². The summed E-state index contributed by atoms with van der Waals surface area (Å²) >= 11 is 0. The van der Waals surface area contributed by atoms with Crippen molar-refractivity contribution in [3.8, 4) is 0 Å². The molecule has 5 heteroatoms. The highest BCUT2D eigenvalue weighted by Gasteiger charge is 2.36. The van der Waals surface area contributed by atoms with E-state index in [1.54, 1.807) is 0 Å². The predicted octanol–water partition coefficient (Wildman–Crippen LogP) is 3.17. The first-order chi connectivity index (χ1) is 8.30. The monoisotopic (exact) mass is 266 g/mol. The number of rotatable bonds is 6. The SMILES string of the molecule is CCC1CCN(C(C)(CN)CCCC(F)(F)F)C1. The zero-order chi connectivity index (χ0) is 13.8. The largest absolute Gasteiger partial charge is 0.389 e. The molecule has 0 amide bonds. The van der Waals surface area contributed by atoms with Crippen molar-refractivity contribution in [1.82, 2.24) is 4.90 Å². The Hall–Kier alpha value is -0.290. The van der Waals surface area contributed by atoms with Gasteiger partial charge in [0.25, 0.3) is 0 Å². The van der Waals surface area contributed by atoms with Gasteiger partial charge in [0.2, 0.25) is 0 Å². The Bertz CT molecular complexity index is 255.